The number of carbonyl (C=O) groups is 2. The summed E-state index contributed by atoms with van der Waals surface area (Å²) in [6, 6.07) is 5.30. The molecule has 10 N–H and O–H groups in total. The first-order valence-corrected chi connectivity index (χ1v) is 38.3. The molecule has 3 saturated heterocycles. The number of aliphatic hydroxyl groups excluding tert-OH is 5. The van der Waals surface area contributed by atoms with E-state index in [9.17, 15) is 46.0 Å². The van der Waals surface area contributed by atoms with Crippen LogP contribution in [0.2, 0.25) is 0 Å². The number of aliphatic hydroxyl groups is 8. The van der Waals surface area contributed by atoms with Crippen molar-refractivity contribution in [2.75, 3.05) is 37.5 Å². The number of piperidine rings is 1. The maximum absolute atomic E-state index is 17.1. The normalized spacial score (nSPS) is 52.0. The van der Waals surface area contributed by atoms with Crippen LogP contribution in [-0.2, 0) is 25.5 Å². The molecule has 18 rings (SSSR count). The van der Waals surface area contributed by atoms with Gasteiger partial charge in [0.15, 0.2) is 5.78 Å². The standard InChI is InChI=1S/C75H102N2O13S2/c1-41(2)42(3)61-63(90-61)72(86)23-10-15-47-30-54-55-33-58(81)71(36-59(82)74(88,40-79)69(66(54,71)4)21-6-7-22-69)65(85)92-91-38-49-14-9-13-48(37-78)75(49)64(84)77(50-27-44(28-51(80)31-50)19-25-70(47)57(72)20-26-73(55,70)87)39-67(75)35-46-12-8-11-43-18-24-68(34-43)53-32-52(89-5)17-16-45(53)29-56(76-68)60(46)62(67)83/h10,15-17,27-28,31,33,41-43,45-49,52-54,56-57,59-63,65,76,78-80,82-83,85-88H,6-7,9,11,13-14,18-26,29-30,32,34-40H2,1-5H3. The average Bonchev–Trinajstić information content (AvgIpc) is 1.09. The highest BCUT2D eigenvalue weighted by Crippen LogP contribution is 2.82. The van der Waals surface area contributed by atoms with E-state index in [1.54, 1.807) is 25.3 Å². The molecule has 1 aromatic rings. The smallest absolute Gasteiger partial charge is 0.234 e. The van der Waals surface area contributed by atoms with E-state index in [2.05, 4.69) is 62.2 Å². The number of phenols is 1. The number of fused-ring (bicyclic) bond motifs is 6. The lowest BCUT2D eigenvalue weighted by Gasteiger charge is -2.74. The number of epoxide rings is 1. The number of nitrogens with one attached hydrogen (secondary N) is 1. The van der Waals surface area contributed by atoms with Crippen LogP contribution in [0.1, 0.15) is 162 Å². The minimum absolute atomic E-state index is 0.0322. The van der Waals surface area contributed by atoms with E-state index in [1.807, 2.05) is 17.9 Å². The molecule has 10 aliphatic carbocycles. The Hall–Kier alpha value is -2.80. The second-order valence-electron chi connectivity index (χ2n) is 33.7. The van der Waals surface area contributed by atoms with E-state index >= 15 is 9.59 Å². The molecule has 11 bridgehead atoms. The number of ether oxygens (including phenoxy) is 2. The third-order valence-corrected chi connectivity index (χ3v) is 33.5. The monoisotopic (exact) mass is 1300 g/mol. The van der Waals surface area contributed by atoms with Gasteiger partial charge in [-0.2, -0.15) is 0 Å². The molecule has 17 aliphatic rings. The number of allylic oxidation sites excluding steroid dienone is 3. The second-order valence-corrected chi connectivity index (χ2v) is 36.1. The highest BCUT2D eigenvalue weighted by Gasteiger charge is 2.84. The van der Waals surface area contributed by atoms with Crippen molar-refractivity contribution in [3.05, 3.63) is 59.7 Å². The molecule has 10 fully saturated rings. The molecule has 0 radical (unpaired) electrons. The van der Waals surface area contributed by atoms with E-state index in [1.165, 1.54) is 21.6 Å². The van der Waals surface area contributed by atoms with Crippen LogP contribution < -0.4 is 10.2 Å². The number of hydrogen-bond donors (Lipinski definition) is 10. The Morgan fingerprint density at radius 1 is 0.902 bits per heavy atom. The highest BCUT2D eigenvalue weighted by atomic mass is 33.1. The molecular weight excluding hydrogens is 1200 g/mol. The summed E-state index contributed by atoms with van der Waals surface area (Å²) in [4.78, 5) is 35.6. The van der Waals surface area contributed by atoms with Crippen LogP contribution >= 0.6 is 21.6 Å². The summed E-state index contributed by atoms with van der Waals surface area (Å²) < 4.78 is 12.7. The molecule has 27 atom stereocenters. The minimum Gasteiger partial charge on any atom is -0.508 e. The lowest BCUT2D eigenvalue weighted by atomic mass is 9.31. The number of nitrogens with zero attached hydrogens (tertiary/aromatic N) is 1. The molecule has 1 amide bonds. The molecule has 7 aliphatic heterocycles. The van der Waals surface area contributed by atoms with E-state index in [0.717, 1.165) is 44.1 Å². The van der Waals surface area contributed by atoms with Crippen molar-refractivity contribution in [1.29, 1.82) is 0 Å². The van der Waals surface area contributed by atoms with Gasteiger partial charge in [0.05, 0.1) is 47.5 Å². The first-order valence-electron chi connectivity index (χ1n) is 35.9. The number of aryl methyl sites for hydroxylation is 1. The van der Waals surface area contributed by atoms with E-state index in [0.29, 0.717) is 106 Å². The van der Waals surface area contributed by atoms with Crippen molar-refractivity contribution in [2.24, 2.45) is 104 Å². The van der Waals surface area contributed by atoms with Gasteiger partial charge in [-0.3, -0.25) is 9.59 Å². The first-order chi connectivity index (χ1) is 44.0. The third-order valence-electron chi connectivity index (χ3n) is 30.9. The number of hydrogen-bond acceptors (Lipinski definition) is 16. The predicted molar refractivity (Wildman–Crippen MR) is 351 cm³/mol. The minimum atomic E-state index is -2.07. The lowest BCUT2D eigenvalue weighted by molar-refractivity contribution is -0.309. The Kier molecular flexibility index (Phi) is 15.2. The number of phenolic OH excluding ortho intramolecular Hbond substituents is 1. The van der Waals surface area contributed by atoms with Crippen molar-refractivity contribution in [3.63, 3.8) is 0 Å². The molecular formula is C75H102N2O13S2. The van der Waals surface area contributed by atoms with Gasteiger partial charge in [-0.05, 0) is 197 Å². The number of benzene rings is 1. The fourth-order valence-corrected chi connectivity index (χ4v) is 29.7. The van der Waals surface area contributed by atoms with Crippen molar-refractivity contribution in [1.82, 2.24) is 5.32 Å². The number of aromatic hydroxyl groups is 1. The zero-order chi connectivity index (χ0) is 64.3. The molecule has 7 saturated carbocycles. The summed E-state index contributed by atoms with van der Waals surface area (Å²) in [5, 5.41) is 123. The topological polar surface area (TPSA) is 253 Å². The Morgan fingerprint density at radius 3 is 2.47 bits per heavy atom. The molecule has 27 unspecified atom stereocenters. The van der Waals surface area contributed by atoms with Gasteiger partial charge < -0.3 is 65.6 Å². The second kappa shape index (κ2) is 21.8. The molecule has 7 heterocycles. The van der Waals surface area contributed by atoms with Crippen LogP contribution in [-0.4, -0.2) is 155 Å². The van der Waals surface area contributed by atoms with E-state index in [4.69, 9.17) is 9.47 Å². The number of methoxy groups -OCH3 is 1. The summed E-state index contributed by atoms with van der Waals surface area (Å²) in [6.45, 7) is 7.61. The van der Waals surface area contributed by atoms with Gasteiger partial charge in [0, 0.05) is 89.8 Å². The van der Waals surface area contributed by atoms with Gasteiger partial charge in [-0.25, -0.2) is 0 Å². The lowest BCUT2D eigenvalue weighted by Crippen LogP contribution is -2.79. The van der Waals surface area contributed by atoms with Crippen LogP contribution in [0.3, 0.4) is 0 Å². The van der Waals surface area contributed by atoms with E-state index < -0.39 is 115 Å². The molecule has 92 heavy (non-hydrogen) atoms. The largest absolute Gasteiger partial charge is 0.508 e. The molecule has 17 heteroatoms. The van der Waals surface area contributed by atoms with Crippen LogP contribution in [0.15, 0.2) is 54.2 Å². The van der Waals surface area contributed by atoms with Crippen LogP contribution in [0.4, 0.5) is 5.69 Å². The summed E-state index contributed by atoms with van der Waals surface area (Å²) in [5.41, 5.74) is -13.2. The summed E-state index contributed by atoms with van der Waals surface area (Å²) >= 11 is 0. The Bertz CT molecular complexity index is 3330. The molecule has 502 valence electrons. The van der Waals surface area contributed by atoms with Crippen molar-refractivity contribution in [2.45, 2.75) is 227 Å². The molecule has 15 nitrogen and oxygen atoms in total. The summed E-state index contributed by atoms with van der Waals surface area (Å²) in [7, 11) is 4.36. The van der Waals surface area contributed by atoms with Gasteiger partial charge >= 0.3 is 0 Å². The van der Waals surface area contributed by atoms with Gasteiger partial charge in [-0.1, -0.05) is 98.8 Å². The van der Waals surface area contributed by atoms with Crippen molar-refractivity contribution >= 4 is 39.0 Å². The fraction of sp³-hybridized carbons (Fsp3) is 0.787. The maximum atomic E-state index is 17.1. The SMILES string of the molecule is COC1C=CC2CC3NC4(CCC(CC#CC5CC6(CN7C(=O)C68C(CO)CCCC8CSSC(O)C68CC(O)C(O)(CO)C9(CCCC9)C6(C)C6CC9C=CCC(O)(C%10OC%10C(C)C(C)C)C%10CCC(O)(C6=CC8=O)C9%10CCc6cc(O)cc7c6)C(O)C53)C4)C2C1. The number of rotatable bonds is 6. The van der Waals surface area contributed by atoms with Crippen LogP contribution in [0, 0.1) is 115 Å². The maximum Gasteiger partial charge on any atom is 0.234 e. The number of anilines is 1. The number of amides is 1. The van der Waals surface area contributed by atoms with Gasteiger partial charge in [0.2, 0.25) is 5.91 Å². The predicted octanol–water partition coefficient (Wildman–Crippen LogP) is 8.34. The van der Waals surface area contributed by atoms with Crippen LogP contribution in [0.5, 0.6) is 5.75 Å². The quantitative estimate of drug-likeness (QED) is 0.0556. The average molecular weight is 1300 g/mol. The van der Waals surface area contributed by atoms with Gasteiger partial charge in [0.1, 0.15) is 28.5 Å². The zero-order valence-electron chi connectivity index (χ0n) is 54.7. The molecule has 1 aromatic carbocycles. The summed E-state index contributed by atoms with van der Waals surface area (Å²) in [5.74, 6) is 5.37. The van der Waals surface area contributed by atoms with Crippen molar-refractivity contribution in [3.8, 4) is 17.6 Å². The number of ketones is 1. The Balaban J connectivity index is 0.881. The zero-order valence-corrected chi connectivity index (χ0v) is 56.3. The molecule has 6 spiro atoms. The van der Waals surface area contributed by atoms with Gasteiger partial charge in [0.25, 0.3) is 0 Å². The Morgan fingerprint density at radius 2 is 1.71 bits per heavy atom. The fourth-order valence-electron chi connectivity index (χ4n) is 26.6. The first kappa shape index (κ1) is 63.9. The number of carbonyl (C=O) groups excluding carboxylic acids is 2. The Labute approximate surface area is 551 Å². The van der Waals surface area contributed by atoms with Crippen LogP contribution in [0.25, 0.3) is 0 Å². The third kappa shape index (κ3) is 7.97. The molecule has 0 aromatic heterocycles. The summed E-state index contributed by atoms with van der Waals surface area (Å²) in [6.07, 6.45) is 18.6. The highest BCUT2D eigenvalue weighted by molar-refractivity contribution is 8.76. The van der Waals surface area contributed by atoms with Crippen molar-refractivity contribution < 1.29 is 65.0 Å². The van der Waals surface area contributed by atoms with E-state index in [-0.39, 0.29) is 97.4 Å². The van der Waals surface area contributed by atoms with Gasteiger partial charge in [-0.15, -0.1) is 5.92 Å².